The Labute approximate surface area is 81.0 Å². The topological polar surface area (TPSA) is 26.0 Å². The maximum Gasteiger partial charge on any atom is 0.0473 e. The minimum absolute atomic E-state index is 0.667. The molecule has 0 bridgehead atoms. The fourth-order valence-corrected chi connectivity index (χ4v) is 0.628. The Balaban J connectivity index is 0.000000310. The van der Waals surface area contributed by atoms with Crippen molar-refractivity contribution >= 4 is 5.69 Å². The number of terminal acetylenes is 1. The van der Waals surface area contributed by atoms with E-state index in [4.69, 9.17) is 12.2 Å². The van der Waals surface area contributed by atoms with Crippen LogP contribution in [0.15, 0.2) is 24.3 Å². The van der Waals surface area contributed by atoms with Gasteiger partial charge in [0.25, 0.3) is 0 Å². The first-order chi connectivity index (χ1) is 6.07. The molecule has 0 aliphatic rings. The predicted molar refractivity (Wildman–Crippen MR) is 59.3 cm³/mol. The van der Waals surface area contributed by atoms with Gasteiger partial charge in [-0.3, -0.25) is 0 Å². The molecule has 1 nitrogen and oxygen atoms in total. The summed E-state index contributed by atoms with van der Waals surface area (Å²) in [6.07, 6.45) is 5.12. The van der Waals surface area contributed by atoms with Crippen LogP contribution in [0.25, 0.3) is 0 Å². The summed E-state index contributed by atoms with van der Waals surface area (Å²) in [5.74, 6) is 3.30. The maximum absolute atomic E-state index is 5.49. The molecule has 0 heterocycles. The molecule has 0 aromatic heterocycles. The fraction of sp³-hybridized carbons (Fsp3) is 0.333. The van der Waals surface area contributed by atoms with E-state index < -0.39 is 0 Å². The maximum atomic E-state index is 5.49. The van der Waals surface area contributed by atoms with E-state index >= 15 is 0 Å². The average molecular weight is 175 g/mol. The van der Waals surface area contributed by atoms with Crippen molar-refractivity contribution in [2.75, 3.05) is 5.73 Å². The second-order valence-electron chi connectivity index (χ2n) is 3.46. The summed E-state index contributed by atoms with van der Waals surface area (Å²) in [5, 5.41) is 0. The Bertz CT molecular complexity index is 279. The van der Waals surface area contributed by atoms with Gasteiger partial charge < -0.3 is 5.73 Å². The van der Waals surface area contributed by atoms with Gasteiger partial charge >= 0.3 is 0 Å². The zero-order chi connectivity index (χ0) is 10.3. The Morgan fingerprint density at radius 3 is 2.00 bits per heavy atom. The normalized spacial score (nSPS) is 8.54. The number of nitrogen functional groups attached to an aromatic ring is 1. The van der Waals surface area contributed by atoms with E-state index in [0.29, 0.717) is 5.69 Å². The van der Waals surface area contributed by atoms with E-state index in [-0.39, 0.29) is 0 Å². The molecule has 0 aliphatic heterocycles. The quantitative estimate of drug-likeness (QED) is 0.476. The summed E-state index contributed by atoms with van der Waals surface area (Å²) in [6.45, 7) is 6.50. The van der Waals surface area contributed by atoms with Crippen LogP contribution in [0.1, 0.15) is 26.3 Å². The molecule has 0 unspecified atom stereocenters. The van der Waals surface area contributed by atoms with E-state index in [9.17, 15) is 0 Å². The van der Waals surface area contributed by atoms with Crippen LogP contribution in [0.3, 0.4) is 0 Å². The van der Waals surface area contributed by atoms with Crippen molar-refractivity contribution in [2.24, 2.45) is 5.92 Å². The van der Waals surface area contributed by atoms with Gasteiger partial charge in [-0.25, -0.2) is 0 Å². The van der Waals surface area contributed by atoms with E-state index in [1.807, 2.05) is 18.2 Å². The largest absolute Gasteiger partial charge is 0.398 e. The molecule has 13 heavy (non-hydrogen) atoms. The lowest BCUT2D eigenvalue weighted by atomic mass is 10.2. The fourth-order valence-electron chi connectivity index (χ4n) is 0.628. The molecule has 2 N–H and O–H groups in total. The first kappa shape index (κ1) is 11.6. The molecule has 1 aromatic carbocycles. The summed E-state index contributed by atoms with van der Waals surface area (Å²) in [7, 11) is 0. The molecule has 1 heteroatoms. The molecule has 0 fully saturated rings. The molecule has 0 aliphatic carbocycles. The molecular formula is C12H17N. The van der Waals surface area contributed by atoms with Crippen molar-refractivity contribution in [1.29, 1.82) is 0 Å². The molecule has 70 valence electrons. The van der Waals surface area contributed by atoms with Gasteiger partial charge in [-0.15, -0.1) is 6.42 Å². The summed E-state index contributed by atoms with van der Waals surface area (Å²) in [5.41, 5.74) is 6.92. The lowest BCUT2D eigenvalue weighted by Crippen LogP contribution is -1.87. The van der Waals surface area contributed by atoms with Crippen LogP contribution < -0.4 is 5.73 Å². The molecule has 0 saturated carbocycles. The number of hydrogen-bond donors (Lipinski definition) is 1. The Morgan fingerprint density at radius 1 is 1.23 bits per heavy atom. The van der Waals surface area contributed by atoms with Crippen LogP contribution in [0, 0.1) is 18.3 Å². The van der Waals surface area contributed by atoms with Gasteiger partial charge in [0.05, 0.1) is 0 Å². The molecule has 0 saturated heterocycles. The Morgan fingerprint density at radius 2 is 1.69 bits per heavy atom. The van der Waals surface area contributed by atoms with Crippen LogP contribution >= 0.6 is 0 Å². The minimum Gasteiger partial charge on any atom is -0.398 e. The highest BCUT2D eigenvalue weighted by Gasteiger charge is 1.88. The van der Waals surface area contributed by atoms with Crippen LogP contribution in [-0.2, 0) is 0 Å². The first-order valence-electron chi connectivity index (χ1n) is 4.39. The van der Waals surface area contributed by atoms with Gasteiger partial charge in [-0.1, -0.05) is 38.8 Å². The van der Waals surface area contributed by atoms with Gasteiger partial charge in [0.2, 0.25) is 0 Å². The standard InChI is InChI=1S/C8H7N.C4H10/c1-2-7-5-3-4-6-8(7)9;1-4(2)3/h1,3-6H,9H2;4H,1-3H3. The van der Waals surface area contributed by atoms with Gasteiger partial charge in [0.1, 0.15) is 0 Å². The highest BCUT2D eigenvalue weighted by molar-refractivity contribution is 5.54. The third kappa shape index (κ3) is 5.81. The number of para-hydroxylation sites is 1. The van der Waals surface area contributed by atoms with Crippen molar-refractivity contribution in [3.05, 3.63) is 29.8 Å². The van der Waals surface area contributed by atoms with Crippen molar-refractivity contribution in [3.8, 4) is 12.3 Å². The van der Waals surface area contributed by atoms with Gasteiger partial charge in [0, 0.05) is 11.3 Å². The second-order valence-corrected chi connectivity index (χ2v) is 3.46. The summed E-state index contributed by atoms with van der Waals surface area (Å²) in [6, 6.07) is 7.33. The lowest BCUT2D eigenvalue weighted by Gasteiger charge is -1.93. The molecular weight excluding hydrogens is 158 g/mol. The van der Waals surface area contributed by atoms with Crippen molar-refractivity contribution in [3.63, 3.8) is 0 Å². The lowest BCUT2D eigenvalue weighted by molar-refractivity contribution is 0.737. The number of rotatable bonds is 0. The number of benzene rings is 1. The highest BCUT2D eigenvalue weighted by Crippen LogP contribution is 2.06. The van der Waals surface area contributed by atoms with Crippen LogP contribution in [0.2, 0.25) is 0 Å². The van der Waals surface area contributed by atoms with Crippen LogP contribution in [-0.4, -0.2) is 0 Å². The van der Waals surface area contributed by atoms with E-state index in [1.54, 1.807) is 6.07 Å². The van der Waals surface area contributed by atoms with Crippen LogP contribution in [0.5, 0.6) is 0 Å². The van der Waals surface area contributed by atoms with E-state index in [2.05, 4.69) is 26.7 Å². The van der Waals surface area contributed by atoms with Crippen molar-refractivity contribution in [2.45, 2.75) is 20.8 Å². The monoisotopic (exact) mass is 175 g/mol. The highest BCUT2D eigenvalue weighted by atomic mass is 14.5. The molecule has 0 radical (unpaired) electrons. The molecule has 1 rings (SSSR count). The Hall–Kier alpha value is -1.42. The molecule has 0 spiro atoms. The number of anilines is 1. The van der Waals surface area contributed by atoms with Crippen molar-refractivity contribution in [1.82, 2.24) is 0 Å². The van der Waals surface area contributed by atoms with Gasteiger partial charge in [0.15, 0.2) is 0 Å². The van der Waals surface area contributed by atoms with Crippen LogP contribution in [0.4, 0.5) is 5.69 Å². The van der Waals surface area contributed by atoms with E-state index in [0.717, 1.165) is 11.5 Å². The minimum atomic E-state index is 0.667. The molecule has 0 atom stereocenters. The summed E-state index contributed by atoms with van der Waals surface area (Å²) < 4.78 is 0. The van der Waals surface area contributed by atoms with E-state index in [1.165, 1.54) is 0 Å². The molecule has 1 aromatic rings. The van der Waals surface area contributed by atoms with Crippen molar-refractivity contribution < 1.29 is 0 Å². The predicted octanol–water partition coefficient (Wildman–Crippen LogP) is 2.91. The smallest absolute Gasteiger partial charge is 0.0473 e. The second kappa shape index (κ2) is 6.14. The third-order valence-corrected chi connectivity index (χ3v) is 1.12. The summed E-state index contributed by atoms with van der Waals surface area (Å²) in [4.78, 5) is 0. The van der Waals surface area contributed by atoms with Gasteiger partial charge in [-0.2, -0.15) is 0 Å². The summed E-state index contributed by atoms with van der Waals surface area (Å²) >= 11 is 0. The van der Waals surface area contributed by atoms with Gasteiger partial charge in [-0.05, 0) is 18.1 Å². The zero-order valence-electron chi connectivity index (χ0n) is 8.54. The average Bonchev–Trinajstić information content (AvgIpc) is 2.04. The number of hydrogen-bond acceptors (Lipinski definition) is 1. The SMILES string of the molecule is C#Cc1ccccc1N.CC(C)C. The zero-order valence-corrected chi connectivity index (χ0v) is 8.54. The third-order valence-electron chi connectivity index (χ3n) is 1.12. The Kier molecular flexibility index (Phi) is 5.47. The number of nitrogens with two attached hydrogens (primary N) is 1. The molecule has 0 amide bonds. The first-order valence-corrected chi connectivity index (χ1v) is 4.39.